The number of ether oxygens (including phenoxy) is 1. The van der Waals surface area contributed by atoms with Gasteiger partial charge in [-0.25, -0.2) is 0 Å². The molecular formula is C22H27ClN2O3. The van der Waals surface area contributed by atoms with Gasteiger partial charge in [-0.05, 0) is 47.2 Å². The first-order valence-electron chi connectivity index (χ1n) is 9.53. The Kier molecular flexibility index (Phi) is 5.84. The van der Waals surface area contributed by atoms with Crippen LogP contribution in [-0.2, 0) is 22.6 Å². The Morgan fingerprint density at radius 1 is 1.29 bits per heavy atom. The lowest BCUT2D eigenvalue weighted by Crippen LogP contribution is -2.51. The normalized spacial score (nSPS) is 21.7. The van der Waals surface area contributed by atoms with Crippen molar-refractivity contribution in [2.75, 3.05) is 0 Å². The van der Waals surface area contributed by atoms with E-state index in [2.05, 4.69) is 0 Å². The van der Waals surface area contributed by atoms with Crippen LogP contribution in [0.25, 0.3) is 0 Å². The Morgan fingerprint density at radius 3 is 2.68 bits per heavy atom. The molecule has 1 aliphatic heterocycles. The van der Waals surface area contributed by atoms with Gasteiger partial charge in [0.25, 0.3) is 0 Å². The number of nitrogens with two attached hydrogens (primary N) is 1. The second-order valence-corrected chi connectivity index (χ2v) is 9.20. The maximum atomic E-state index is 12.8. The highest BCUT2D eigenvalue weighted by Gasteiger charge is 2.34. The summed E-state index contributed by atoms with van der Waals surface area (Å²) >= 11 is 6.14. The molecule has 2 N–H and O–H groups in total. The van der Waals surface area contributed by atoms with Crippen molar-refractivity contribution in [2.45, 2.75) is 58.0 Å². The summed E-state index contributed by atoms with van der Waals surface area (Å²) in [6.45, 7) is 6.40. The highest BCUT2D eigenvalue weighted by atomic mass is 35.5. The van der Waals surface area contributed by atoms with Gasteiger partial charge in [0.05, 0.1) is 5.38 Å². The molecule has 2 amide bonds. The third-order valence-electron chi connectivity index (χ3n) is 4.86. The fourth-order valence-corrected chi connectivity index (χ4v) is 3.74. The van der Waals surface area contributed by atoms with E-state index < -0.39 is 11.9 Å². The number of primary amides is 1. The molecular weight excluding hydrogens is 376 g/mol. The standard InChI is InChI=1S/C22H27ClN2O3/c1-22(2,3)12-20(26)25-13-14-7-8-18(9-15(14)10-19(25)21(24)27)28-17-6-4-5-16(23)11-17/h4,6-9,11,16,19H,5,10,12-13H2,1-3H3,(H2,24,27). The summed E-state index contributed by atoms with van der Waals surface area (Å²) in [4.78, 5) is 26.4. The van der Waals surface area contributed by atoms with E-state index >= 15 is 0 Å². The van der Waals surface area contributed by atoms with E-state index in [1.807, 2.05) is 57.2 Å². The first kappa shape index (κ1) is 20.5. The van der Waals surface area contributed by atoms with E-state index in [1.165, 1.54) is 0 Å². The molecule has 1 aromatic carbocycles. The minimum atomic E-state index is -0.640. The van der Waals surface area contributed by atoms with Gasteiger partial charge in [0.2, 0.25) is 11.8 Å². The average molecular weight is 403 g/mol. The van der Waals surface area contributed by atoms with Gasteiger partial charge < -0.3 is 15.4 Å². The van der Waals surface area contributed by atoms with Crippen molar-refractivity contribution in [2.24, 2.45) is 11.1 Å². The highest BCUT2D eigenvalue weighted by Crippen LogP contribution is 2.30. The van der Waals surface area contributed by atoms with Crippen LogP contribution < -0.4 is 10.5 Å². The molecule has 150 valence electrons. The summed E-state index contributed by atoms with van der Waals surface area (Å²) < 4.78 is 5.92. The van der Waals surface area contributed by atoms with Crippen LogP contribution in [0.1, 0.15) is 44.7 Å². The molecule has 5 nitrogen and oxygen atoms in total. The highest BCUT2D eigenvalue weighted by molar-refractivity contribution is 6.22. The molecule has 2 atom stereocenters. The van der Waals surface area contributed by atoms with Crippen LogP contribution in [0.5, 0.6) is 5.75 Å². The Balaban J connectivity index is 1.81. The van der Waals surface area contributed by atoms with E-state index in [0.29, 0.717) is 30.9 Å². The minimum Gasteiger partial charge on any atom is -0.458 e. The number of hydrogen-bond acceptors (Lipinski definition) is 3. The van der Waals surface area contributed by atoms with E-state index in [1.54, 1.807) is 4.90 Å². The van der Waals surface area contributed by atoms with E-state index in [-0.39, 0.29) is 16.7 Å². The summed E-state index contributed by atoms with van der Waals surface area (Å²) in [6, 6.07) is 5.11. The minimum absolute atomic E-state index is 0.0482. The number of alkyl halides is 1. The molecule has 0 radical (unpaired) electrons. The fraction of sp³-hybridized carbons (Fsp3) is 0.455. The van der Waals surface area contributed by atoms with Crippen molar-refractivity contribution >= 4 is 23.4 Å². The van der Waals surface area contributed by atoms with E-state index in [0.717, 1.165) is 17.5 Å². The van der Waals surface area contributed by atoms with Crippen LogP contribution in [0, 0.1) is 5.41 Å². The second-order valence-electron chi connectivity index (χ2n) is 8.64. The number of hydrogen-bond donors (Lipinski definition) is 1. The predicted molar refractivity (Wildman–Crippen MR) is 110 cm³/mol. The molecule has 6 heteroatoms. The molecule has 1 aromatic rings. The second kappa shape index (κ2) is 8.00. The third kappa shape index (κ3) is 4.96. The van der Waals surface area contributed by atoms with Crippen molar-refractivity contribution in [1.29, 1.82) is 0 Å². The van der Waals surface area contributed by atoms with Crippen molar-refractivity contribution in [3.8, 4) is 5.75 Å². The molecule has 1 aliphatic carbocycles. The number of nitrogens with zero attached hydrogens (tertiary/aromatic N) is 1. The van der Waals surface area contributed by atoms with Crippen LogP contribution in [-0.4, -0.2) is 28.1 Å². The van der Waals surface area contributed by atoms with Gasteiger partial charge in [0.1, 0.15) is 17.6 Å². The zero-order chi connectivity index (χ0) is 20.5. The van der Waals surface area contributed by atoms with E-state index in [9.17, 15) is 9.59 Å². The monoisotopic (exact) mass is 402 g/mol. The molecule has 0 saturated heterocycles. The summed E-state index contributed by atoms with van der Waals surface area (Å²) in [5, 5.41) is -0.0701. The first-order valence-corrected chi connectivity index (χ1v) is 9.97. The van der Waals surface area contributed by atoms with Gasteiger partial charge >= 0.3 is 0 Å². The smallest absolute Gasteiger partial charge is 0.240 e. The van der Waals surface area contributed by atoms with Crippen molar-refractivity contribution in [3.05, 3.63) is 53.3 Å². The molecule has 1 heterocycles. The summed E-state index contributed by atoms with van der Waals surface area (Å²) in [6.07, 6.45) is 7.31. The lowest BCUT2D eigenvalue weighted by atomic mass is 9.89. The van der Waals surface area contributed by atoms with Crippen LogP contribution in [0.4, 0.5) is 0 Å². The Hall–Kier alpha value is -2.27. The van der Waals surface area contributed by atoms with Gasteiger partial charge in [-0.2, -0.15) is 0 Å². The summed E-state index contributed by atoms with van der Waals surface area (Å²) in [5.41, 5.74) is 7.45. The number of allylic oxidation sites excluding steroid dienone is 3. The number of halogens is 1. The molecule has 0 aromatic heterocycles. The Labute approximate surface area is 171 Å². The van der Waals surface area contributed by atoms with Crippen molar-refractivity contribution in [1.82, 2.24) is 4.90 Å². The van der Waals surface area contributed by atoms with Crippen molar-refractivity contribution < 1.29 is 14.3 Å². The van der Waals surface area contributed by atoms with Crippen LogP contribution in [0.15, 0.2) is 42.2 Å². The molecule has 0 fully saturated rings. The lowest BCUT2D eigenvalue weighted by molar-refractivity contribution is -0.142. The zero-order valence-corrected chi connectivity index (χ0v) is 17.3. The average Bonchev–Trinajstić information content (AvgIpc) is 2.59. The molecule has 0 bridgehead atoms. The van der Waals surface area contributed by atoms with Gasteiger partial charge in [-0.1, -0.05) is 32.9 Å². The number of fused-ring (bicyclic) bond motifs is 1. The molecule has 3 rings (SSSR count). The summed E-state index contributed by atoms with van der Waals surface area (Å²) in [5.74, 6) is 0.851. The maximum Gasteiger partial charge on any atom is 0.240 e. The number of rotatable bonds is 4. The quantitative estimate of drug-likeness (QED) is 0.780. The molecule has 28 heavy (non-hydrogen) atoms. The molecule has 0 spiro atoms. The topological polar surface area (TPSA) is 72.6 Å². The van der Waals surface area contributed by atoms with Gasteiger partial charge in [-0.15, -0.1) is 11.6 Å². The molecule has 0 saturated carbocycles. The van der Waals surface area contributed by atoms with Crippen molar-refractivity contribution in [3.63, 3.8) is 0 Å². The largest absolute Gasteiger partial charge is 0.458 e. The number of carbonyl (C=O) groups is 2. The van der Waals surface area contributed by atoms with Gasteiger partial charge in [-0.3, -0.25) is 9.59 Å². The zero-order valence-electron chi connectivity index (χ0n) is 16.6. The number of benzene rings is 1. The van der Waals surface area contributed by atoms with Gasteiger partial charge in [0.15, 0.2) is 0 Å². The summed E-state index contributed by atoms with van der Waals surface area (Å²) in [7, 11) is 0. The number of amides is 2. The van der Waals surface area contributed by atoms with Gasteiger partial charge in [0, 0.05) is 19.4 Å². The van der Waals surface area contributed by atoms with Crippen LogP contribution in [0.3, 0.4) is 0 Å². The lowest BCUT2D eigenvalue weighted by Gasteiger charge is -2.36. The predicted octanol–water partition coefficient (Wildman–Crippen LogP) is 3.69. The van der Waals surface area contributed by atoms with Crippen LogP contribution in [0.2, 0.25) is 0 Å². The van der Waals surface area contributed by atoms with E-state index in [4.69, 9.17) is 22.1 Å². The van der Waals surface area contributed by atoms with Crippen LogP contribution >= 0.6 is 11.6 Å². The maximum absolute atomic E-state index is 12.8. The molecule has 2 unspecified atom stereocenters. The SMILES string of the molecule is CC(C)(C)CC(=O)N1Cc2ccc(OC3=CC(Cl)CC=C3)cc2CC1C(N)=O. The number of carbonyl (C=O) groups excluding carboxylic acids is 2. The first-order chi connectivity index (χ1) is 13.1. The Bertz CT molecular complexity index is 839. The Morgan fingerprint density at radius 2 is 2.04 bits per heavy atom. The molecule has 2 aliphatic rings. The fourth-order valence-electron chi connectivity index (χ4n) is 3.51. The third-order valence-corrected chi connectivity index (χ3v) is 5.17.